The molecule has 0 bridgehead atoms. The number of halogens is 1. The summed E-state index contributed by atoms with van der Waals surface area (Å²) in [6.45, 7) is 5.73. The minimum absolute atomic E-state index is 0.0566. The van der Waals surface area contributed by atoms with Crippen molar-refractivity contribution in [2.24, 2.45) is 5.92 Å². The van der Waals surface area contributed by atoms with Crippen molar-refractivity contribution in [1.29, 1.82) is 0 Å². The second-order valence-corrected chi connectivity index (χ2v) is 15.9. The lowest BCUT2D eigenvalue weighted by Crippen LogP contribution is -2.63. The highest BCUT2D eigenvalue weighted by Gasteiger charge is 2.47. The van der Waals surface area contributed by atoms with E-state index in [-0.39, 0.29) is 31.8 Å². The highest BCUT2D eigenvalue weighted by atomic mass is 35.5. The van der Waals surface area contributed by atoms with Gasteiger partial charge in [0.15, 0.2) is 0 Å². The largest absolute Gasteiger partial charge is 0.458 e. The SMILES string of the molecule is C[C@@H]1C[C@H]2C(=O)O[C@@H](C)[C@H](NC(=O)[C@H](Cc3ccccc3)NC(=O)Cc3ccccc3Cl)C(=O)N3CCC[C@H]3C(=O)N3CCCC[C@H]3C(=O)N[C@@H](C)C(=O)N2C1. The van der Waals surface area contributed by atoms with E-state index in [1.54, 1.807) is 31.2 Å². The van der Waals surface area contributed by atoms with Gasteiger partial charge in [0.2, 0.25) is 35.4 Å². The number of hydrogen-bond donors (Lipinski definition) is 3. The Labute approximate surface area is 332 Å². The van der Waals surface area contributed by atoms with E-state index in [1.165, 1.54) is 21.6 Å². The smallest absolute Gasteiger partial charge is 0.329 e. The number of hydrogen-bond acceptors (Lipinski definition) is 8. The molecule has 0 aromatic heterocycles. The molecule has 4 saturated heterocycles. The third-order valence-electron chi connectivity index (χ3n) is 11.3. The molecule has 14 nitrogen and oxygen atoms in total. The van der Waals surface area contributed by atoms with Crippen LogP contribution in [0.5, 0.6) is 0 Å². The van der Waals surface area contributed by atoms with E-state index >= 15 is 0 Å². The number of benzene rings is 2. The minimum Gasteiger partial charge on any atom is -0.458 e. The number of amides is 6. The third-order valence-corrected chi connectivity index (χ3v) is 11.7. The molecular formula is C41H51ClN6O8. The van der Waals surface area contributed by atoms with Crippen molar-refractivity contribution in [3.63, 3.8) is 0 Å². The first-order chi connectivity index (χ1) is 26.8. The molecule has 4 aliphatic heterocycles. The van der Waals surface area contributed by atoms with Crippen LogP contribution in [-0.2, 0) is 51.1 Å². The Bertz CT molecular complexity index is 1830. The van der Waals surface area contributed by atoms with Crippen molar-refractivity contribution in [3.05, 3.63) is 70.7 Å². The molecular weight excluding hydrogens is 740 g/mol. The van der Waals surface area contributed by atoms with Crippen molar-refractivity contribution < 1.29 is 38.3 Å². The van der Waals surface area contributed by atoms with Crippen LogP contribution in [-0.4, -0.2) is 118 Å². The Morgan fingerprint density at radius 3 is 2.25 bits per heavy atom. The van der Waals surface area contributed by atoms with Crippen LogP contribution < -0.4 is 16.0 Å². The zero-order chi connectivity index (χ0) is 40.1. The van der Waals surface area contributed by atoms with Gasteiger partial charge >= 0.3 is 5.97 Å². The van der Waals surface area contributed by atoms with Gasteiger partial charge in [-0.05, 0) is 75.5 Å². The lowest BCUT2D eigenvalue weighted by molar-refractivity contribution is -0.163. The van der Waals surface area contributed by atoms with Crippen molar-refractivity contribution >= 4 is 53.0 Å². The minimum atomic E-state index is -1.46. The normalized spacial score (nSPS) is 28.1. The van der Waals surface area contributed by atoms with Crippen LogP contribution in [0.1, 0.15) is 70.4 Å². The van der Waals surface area contributed by atoms with Gasteiger partial charge in [0.25, 0.3) is 0 Å². The van der Waals surface area contributed by atoms with Gasteiger partial charge in [-0.3, -0.25) is 28.8 Å². The Hall–Kier alpha value is -4.98. The molecule has 8 atom stereocenters. The molecule has 3 N–H and O–H groups in total. The fourth-order valence-electron chi connectivity index (χ4n) is 8.34. The molecule has 2 aromatic carbocycles. The predicted molar refractivity (Wildman–Crippen MR) is 206 cm³/mol. The number of ether oxygens (including phenoxy) is 1. The molecule has 0 radical (unpaired) electrons. The molecule has 56 heavy (non-hydrogen) atoms. The lowest BCUT2D eigenvalue weighted by Gasteiger charge is -2.39. The summed E-state index contributed by atoms with van der Waals surface area (Å²) in [5.74, 6) is -3.94. The molecule has 0 saturated carbocycles. The van der Waals surface area contributed by atoms with Gasteiger partial charge < -0.3 is 35.4 Å². The molecule has 0 unspecified atom stereocenters. The van der Waals surface area contributed by atoms with Gasteiger partial charge in [-0.15, -0.1) is 0 Å². The number of piperidine rings is 1. The molecule has 4 aliphatic rings. The van der Waals surface area contributed by atoms with Crippen LogP contribution >= 0.6 is 11.6 Å². The molecule has 4 heterocycles. The van der Waals surface area contributed by atoms with Crippen LogP contribution in [0, 0.1) is 5.92 Å². The van der Waals surface area contributed by atoms with Crippen molar-refractivity contribution in [1.82, 2.24) is 30.7 Å². The topological polar surface area (TPSA) is 175 Å². The van der Waals surface area contributed by atoms with Crippen molar-refractivity contribution in [2.75, 3.05) is 19.6 Å². The maximum absolute atomic E-state index is 14.7. The molecule has 2 aromatic rings. The number of esters is 1. The van der Waals surface area contributed by atoms with Crippen LogP contribution in [0.2, 0.25) is 5.02 Å². The summed E-state index contributed by atoms with van der Waals surface area (Å²) < 4.78 is 5.95. The summed E-state index contributed by atoms with van der Waals surface area (Å²) >= 11 is 6.33. The van der Waals surface area contributed by atoms with Gasteiger partial charge in [-0.25, -0.2) is 4.79 Å². The second-order valence-electron chi connectivity index (χ2n) is 15.5. The average Bonchev–Trinajstić information content (AvgIpc) is 3.84. The summed E-state index contributed by atoms with van der Waals surface area (Å²) in [6.07, 6.45) is 1.65. The Balaban J connectivity index is 1.33. The number of fused-ring (bicyclic) bond motifs is 3. The Morgan fingerprint density at radius 2 is 1.50 bits per heavy atom. The first kappa shape index (κ1) is 40.7. The van der Waals surface area contributed by atoms with Crippen LogP contribution in [0.15, 0.2) is 54.6 Å². The number of carbonyl (C=O) groups excluding carboxylic acids is 7. The molecule has 0 spiro atoms. The highest BCUT2D eigenvalue weighted by Crippen LogP contribution is 2.29. The maximum atomic E-state index is 14.7. The van der Waals surface area contributed by atoms with Gasteiger partial charge in [0.1, 0.15) is 42.4 Å². The third kappa shape index (κ3) is 9.17. The summed E-state index contributed by atoms with van der Waals surface area (Å²) in [4.78, 5) is 102. The number of cyclic esters (lactones) is 1. The van der Waals surface area contributed by atoms with E-state index in [0.29, 0.717) is 55.7 Å². The standard InChI is InChI=1S/C41H51ClN6O8/c1-24-20-33-41(55)56-26(3)35(45-36(50)30(21-27-12-5-4-6-13-27)44-34(49)22-28-14-7-8-15-29(28)42)40(54)47-19-11-17-32(47)39(53)46-18-10-9-16-31(46)37(51)43-25(2)38(52)48(33)23-24/h4-8,12-15,24-26,30-33,35H,9-11,16-23H2,1-3H3,(H,43,51)(H,44,49)(H,45,50)/t24-,25+,26+,30+,31+,32+,33+,35+/m1/s1. The van der Waals surface area contributed by atoms with E-state index in [9.17, 15) is 33.6 Å². The van der Waals surface area contributed by atoms with Gasteiger partial charge in [-0.1, -0.05) is 67.1 Å². The van der Waals surface area contributed by atoms with Crippen molar-refractivity contribution in [2.45, 2.75) is 114 Å². The first-order valence-electron chi connectivity index (χ1n) is 19.6. The van der Waals surface area contributed by atoms with E-state index in [4.69, 9.17) is 16.3 Å². The number of nitrogens with one attached hydrogen (secondary N) is 3. The van der Waals surface area contributed by atoms with Crippen LogP contribution in [0.25, 0.3) is 0 Å². The number of nitrogens with zero attached hydrogens (tertiary/aromatic N) is 3. The molecule has 300 valence electrons. The second kappa shape index (κ2) is 17.9. The quantitative estimate of drug-likeness (QED) is 0.358. The van der Waals surface area contributed by atoms with Crippen LogP contribution in [0.4, 0.5) is 0 Å². The van der Waals surface area contributed by atoms with Gasteiger partial charge in [0, 0.05) is 31.1 Å². The Kier molecular flexibility index (Phi) is 13.0. The zero-order valence-electron chi connectivity index (χ0n) is 32.1. The first-order valence-corrected chi connectivity index (χ1v) is 20.0. The average molecular weight is 791 g/mol. The summed E-state index contributed by atoms with van der Waals surface area (Å²) in [6, 6.07) is 9.62. The predicted octanol–water partition coefficient (Wildman–Crippen LogP) is 2.15. The molecule has 6 amide bonds. The lowest BCUT2D eigenvalue weighted by atomic mass is 9.99. The zero-order valence-corrected chi connectivity index (χ0v) is 32.8. The number of rotatable bonds is 7. The molecule has 0 aliphatic carbocycles. The van der Waals surface area contributed by atoms with E-state index in [1.807, 2.05) is 37.3 Å². The molecule has 15 heteroatoms. The maximum Gasteiger partial charge on any atom is 0.329 e. The van der Waals surface area contributed by atoms with Gasteiger partial charge in [0.05, 0.1) is 6.42 Å². The summed E-state index contributed by atoms with van der Waals surface area (Å²) in [5, 5.41) is 8.81. The van der Waals surface area contributed by atoms with Gasteiger partial charge in [-0.2, -0.15) is 0 Å². The van der Waals surface area contributed by atoms with E-state index in [2.05, 4.69) is 16.0 Å². The molecule has 4 fully saturated rings. The van der Waals surface area contributed by atoms with E-state index in [0.717, 1.165) is 5.56 Å². The monoisotopic (exact) mass is 790 g/mol. The fourth-order valence-corrected chi connectivity index (χ4v) is 8.54. The summed E-state index contributed by atoms with van der Waals surface area (Å²) in [7, 11) is 0. The number of carbonyl (C=O) groups is 7. The summed E-state index contributed by atoms with van der Waals surface area (Å²) in [5.41, 5.74) is 1.31. The van der Waals surface area contributed by atoms with E-state index < -0.39 is 83.8 Å². The fraction of sp³-hybridized carbons (Fsp3) is 0.537. The van der Waals surface area contributed by atoms with Crippen LogP contribution in [0.3, 0.4) is 0 Å². The van der Waals surface area contributed by atoms with Crippen molar-refractivity contribution in [3.8, 4) is 0 Å². The Morgan fingerprint density at radius 1 is 0.821 bits per heavy atom. The molecule has 6 rings (SSSR count). The highest BCUT2D eigenvalue weighted by molar-refractivity contribution is 6.31.